The summed E-state index contributed by atoms with van der Waals surface area (Å²) in [5.74, 6) is 0.781. The van der Waals surface area contributed by atoms with Crippen LogP contribution in [0.15, 0.2) is 30.3 Å². The second-order valence-electron chi connectivity index (χ2n) is 7.36. The second kappa shape index (κ2) is 6.30. The first-order chi connectivity index (χ1) is 11.5. The maximum atomic E-state index is 13.0. The van der Waals surface area contributed by atoms with E-state index in [0.717, 1.165) is 25.7 Å². The van der Waals surface area contributed by atoms with Gasteiger partial charge in [0.05, 0.1) is 6.10 Å². The molecule has 4 fully saturated rings. The zero-order valence-electron chi connectivity index (χ0n) is 13.6. The summed E-state index contributed by atoms with van der Waals surface area (Å²) in [4.78, 5) is 13.0. The van der Waals surface area contributed by atoms with Crippen LogP contribution < -0.4 is 0 Å². The van der Waals surface area contributed by atoms with Gasteiger partial charge in [-0.1, -0.05) is 43.7 Å². The zero-order chi connectivity index (χ0) is 16.9. The van der Waals surface area contributed by atoms with E-state index in [0.29, 0.717) is 12.5 Å². The largest absolute Gasteiger partial charge is 0.360 e. The Morgan fingerprint density at radius 3 is 2.58 bits per heavy atom. The first-order valence-electron chi connectivity index (χ1n) is 8.81. The molecular formula is C20H22Cl2O2. The molecule has 4 bridgehead atoms. The number of ketones is 1. The molecule has 0 aromatic heterocycles. The van der Waals surface area contributed by atoms with E-state index in [4.69, 9.17) is 27.9 Å². The van der Waals surface area contributed by atoms with Gasteiger partial charge in [0.15, 0.2) is 11.9 Å². The summed E-state index contributed by atoms with van der Waals surface area (Å²) in [6.45, 7) is 3.96. The Balaban J connectivity index is 1.49. The third-order valence-corrected chi connectivity index (χ3v) is 7.18. The van der Waals surface area contributed by atoms with Gasteiger partial charge in [0.1, 0.15) is 4.33 Å². The van der Waals surface area contributed by atoms with Crippen molar-refractivity contribution < 1.29 is 9.53 Å². The van der Waals surface area contributed by atoms with Crippen molar-refractivity contribution in [2.24, 2.45) is 17.8 Å². The molecule has 1 aromatic carbocycles. The van der Waals surface area contributed by atoms with E-state index in [1.54, 1.807) is 0 Å². The zero-order valence-corrected chi connectivity index (χ0v) is 15.1. The van der Waals surface area contributed by atoms with E-state index in [-0.39, 0.29) is 35.6 Å². The van der Waals surface area contributed by atoms with Gasteiger partial charge < -0.3 is 4.74 Å². The molecule has 2 aliphatic heterocycles. The molecule has 0 spiro atoms. The van der Waals surface area contributed by atoms with E-state index >= 15 is 0 Å². The Hall–Kier alpha value is -0.570. The van der Waals surface area contributed by atoms with Crippen LogP contribution in [0.25, 0.3) is 0 Å². The Kier molecular flexibility index (Phi) is 4.43. The van der Waals surface area contributed by atoms with Crippen molar-refractivity contribution in [1.29, 1.82) is 0 Å². The molecule has 24 heavy (non-hydrogen) atoms. The summed E-state index contributed by atoms with van der Waals surface area (Å²) in [7, 11) is 0. The number of halogens is 2. The molecule has 2 nitrogen and oxygen atoms in total. The number of Topliss-reactive ketones (excluding diaryl/α,β-unsaturated/α-hetero) is 1. The summed E-state index contributed by atoms with van der Waals surface area (Å²) in [6.07, 6.45) is 4.64. The van der Waals surface area contributed by atoms with E-state index in [9.17, 15) is 4.79 Å². The Morgan fingerprint density at radius 2 is 2.00 bits per heavy atom. The number of rotatable bonds is 6. The number of benzene rings is 1. The minimum absolute atomic E-state index is 0.0250. The van der Waals surface area contributed by atoms with Crippen molar-refractivity contribution >= 4 is 29.0 Å². The molecule has 2 radical (unpaired) electrons. The fourth-order valence-corrected chi connectivity index (χ4v) is 5.84. The highest BCUT2D eigenvalue weighted by Crippen LogP contribution is 2.67. The number of fused-ring (bicyclic) bond motifs is 1. The van der Waals surface area contributed by atoms with Crippen molar-refractivity contribution in [3.05, 3.63) is 48.9 Å². The van der Waals surface area contributed by atoms with Crippen molar-refractivity contribution in [2.75, 3.05) is 0 Å². The van der Waals surface area contributed by atoms with Crippen molar-refractivity contribution in [2.45, 2.75) is 48.5 Å². The molecule has 1 aromatic rings. The van der Waals surface area contributed by atoms with Crippen LogP contribution in [0.4, 0.5) is 0 Å². The van der Waals surface area contributed by atoms with Gasteiger partial charge in [-0.05, 0) is 30.7 Å². The summed E-state index contributed by atoms with van der Waals surface area (Å²) < 4.78 is 5.32. The van der Waals surface area contributed by atoms with E-state index in [1.807, 2.05) is 18.2 Å². The number of hydrogen-bond acceptors (Lipinski definition) is 2. The average molecular weight is 365 g/mol. The Morgan fingerprint density at radius 1 is 1.25 bits per heavy atom. The fraction of sp³-hybridized carbons (Fsp3) is 0.550. The lowest BCUT2D eigenvalue weighted by molar-refractivity contribution is -0.136. The lowest BCUT2D eigenvalue weighted by Crippen LogP contribution is -2.41. The van der Waals surface area contributed by atoms with Gasteiger partial charge in [-0.15, -0.1) is 23.2 Å². The van der Waals surface area contributed by atoms with Gasteiger partial charge in [0.2, 0.25) is 0 Å². The second-order valence-corrected chi connectivity index (χ2v) is 8.81. The highest BCUT2D eigenvalue weighted by Gasteiger charge is 2.68. The third-order valence-electron chi connectivity index (χ3n) is 6.06. The van der Waals surface area contributed by atoms with Gasteiger partial charge >= 0.3 is 0 Å². The molecule has 2 aliphatic carbocycles. The third kappa shape index (κ3) is 2.62. The number of hydrogen-bond donors (Lipinski definition) is 0. The van der Waals surface area contributed by atoms with E-state index < -0.39 is 4.33 Å². The normalized spacial score (nSPS) is 34.6. The van der Waals surface area contributed by atoms with Gasteiger partial charge in [0, 0.05) is 24.2 Å². The summed E-state index contributed by atoms with van der Waals surface area (Å²) in [5.41, 5.74) is 1.20. The quantitative estimate of drug-likeness (QED) is 0.656. The van der Waals surface area contributed by atoms with Crippen LogP contribution >= 0.6 is 23.2 Å². The lowest BCUT2D eigenvalue weighted by Gasteiger charge is -2.40. The van der Waals surface area contributed by atoms with Crippen LogP contribution in [0.2, 0.25) is 0 Å². The first kappa shape index (κ1) is 16.9. The molecule has 5 unspecified atom stereocenters. The number of alkyl halides is 2. The van der Waals surface area contributed by atoms with E-state index in [2.05, 4.69) is 19.1 Å². The SMILES string of the molecule is [CH2]CCC(CC(=O)[C]1OC2CC3C1CC2C3(Cl)Cl)c1ccccc1. The summed E-state index contributed by atoms with van der Waals surface area (Å²) in [6, 6.07) is 10.2. The predicted molar refractivity (Wildman–Crippen MR) is 95.7 cm³/mol. The van der Waals surface area contributed by atoms with Crippen molar-refractivity contribution in [1.82, 2.24) is 0 Å². The van der Waals surface area contributed by atoms with Crippen LogP contribution in [0.1, 0.15) is 43.6 Å². The standard InChI is InChI=1S/C20H22Cl2O2/c1-2-6-13(12-7-4-3-5-8-12)9-17(23)19-14-10-16-18(24-19)11-15(14)20(16,21)22/h3-5,7-8,13-16,18H,1-2,6,9-11H2. The van der Waals surface area contributed by atoms with Crippen LogP contribution in [-0.4, -0.2) is 16.2 Å². The molecule has 5 atom stereocenters. The topological polar surface area (TPSA) is 26.3 Å². The summed E-state index contributed by atoms with van der Waals surface area (Å²) in [5, 5.41) is 0. The number of ether oxygens (including phenoxy) is 1. The molecule has 0 amide bonds. The molecule has 0 N–H and O–H groups in total. The maximum Gasteiger partial charge on any atom is 0.169 e. The molecule has 128 valence electrons. The number of carbonyl (C=O) groups is 1. The van der Waals surface area contributed by atoms with Gasteiger partial charge in [-0.2, -0.15) is 0 Å². The predicted octanol–water partition coefficient (Wildman–Crippen LogP) is 5.10. The van der Waals surface area contributed by atoms with Gasteiger partial charge in [-0.3, -0.25) is 4.79 Å². The molecule has 2 saturated carbocycles. The fourth-order valence-electron chi connectivity index (χ4n) is 4.90. The van der Waals surface area contributed by atoms with Crippen molar-refractivity contribution in [3.8, 4) is 0 Å². The summed E-state index contributed by atoms with van der Waals surface area (Å²) >= 11 is 13.1. The Bertz CT molecular complexity index is 615. The van der Waals surface area contributed by atoms with Crippen molar-refractivity contribution in [3.63, 3.8) is 0 Å². The first-order valence-corrected chi connectivity index (χ1v) is 9.56. The molecule has 5 rings (SSSR count). The van der Waals surface area contributed by atoms with Gasteiger partial charge in [0.25, 0.3) is 0 Å². The highest BCUT2D eigenvalue weighted by molar-refractivity contribution is 6.49. The smallest absolute Gasteiger partial charge is 0.169 e. The maximum absolute atomic E-state index is 13.0. The van der Waals surface area contributed by atoms with Gasteiger partial charge in [-0.25, -0.2) is 0 Å². The molecule has 4 aliphatic rings. The van der Waals surface area contributed by atoms with Crippen LogP contribution in [0.5, 0.6) is 0 Å². The monoisotopic (exact) mass is 364 g/mol. The molecule has 2 saturated heterocycles. The van der Waals surface area contributed by atoms with Crippen LogP contribution in [0.3, 0.4) is 0 Å². The Labute approximate surface area is 153 Å². The highest BCUT2D eigenvalue weighted by atomic mass is 35.5. The minimum Gasteiger partial charge on any atom is -0.360 e. The lowest BCUT2D eigenvalue weighted by atomic mass is 9.76. The molecule has 4 heteroatoms. The van der Waals surface area contributed by atoms with Crippen LogP contribution in [0, 0.1) is 30.8 Å². The average Bonchev–Trinajstić information content (AvgIpc) is 2.97. The van der Waals surface area contributed by atoms with E-state index in [1.165, 1.54) is 5.56 Å². The minimum atomic E-state index is -0.719. The van der Waals surface area contributed by atoms with Crippen LogP contribution in [-0.2, 0) is 9.53 Å². The number of carbonyl (C=O) groups excluding carboxylic acids is 1. The molecule has 2 heterocycles. The molecular weight excluding hydrogens is 343 g/mol.